The lowest BCUT2D eigenvalue weighted by molar-refractivity contribution is 0.193. The molecule has 5 rings (SSSR count). The molecule has 0 radical (unpaired) electrons. The molecule has 1 saturated carbocycles. The number of imidazole rings is 1. The highest BCUT2D eigenvalue weighted by molar-refractivity contribution is 5.62. The summed E-state index contributed by atoms with van der Waals surface area (Å²) in [6.07, 6.45) is 7.77. The number of hydrogen-bond acceptors (Lipinski definition) is 5. The first kappa shape index (κ1) is 16.7. The molecule has 1 saturated heterocycles. The van der Waals surface area contributed by atoms with Gasteiger partial charge in [-0.3, -0.25) is 0 Å². The molecule has 1 aliphatic heterocycles. The van der Waals surface area contributed by atoms with Crippen molar-refractivity contribution in [3.05, 3.63) is 54.1 Å². The summed E-state index contributed by atoms with van der Waals surface area (Å²) in [6, 6.07) is 10.4. The van der Waals surface area contributed by atoms with Gasteiger partial charge in [0.25, 0.3) is 0 Å². The molecule has 2 aromatic heterocycles. The van der Waals surface area contributed by atoms with E-state index in [0.717, 1.165) is 55.4 Å². The van der Waals surface area contributed by atoms with Crippen LogP contribution < -0.4 is 0 Å². The van der Waals surface area contributed by atoms with Gasteiger partial charge in [-0.15, -0.1) is 0 Å². The van der Waals surface area contributed by atoms with Gasteiger partial charge in [-0.05, 0) is 19.3 Å². The van der Waals surface area contributed by atoms with E-state index in [1.165, 1.54) is 18.5 Å². The predicted molar refractivity (Wildman–Crippen MR) is 100 cm³/mol. The summed E-state index contributed by atoms with van der Waals surface area (Å²) in [5.74, 6) is 2.33. The Balaban J connectivity index is 1.46. The second kappa shape index (κ2) is 7.27. The summed E-state index contributed by atoms with van der Waals surface area (Å²) in [6.45, 7) is 2.13. The average Bonchev–Trinajstić information content (AvgIpc) is 3.48. The van der Waals surface area contributed by atoms with Crippen LogP contribution in [-0.2, 0) is 11.3 Å². The molecule has 0 bridgehead atoms. The Labute approximate surface area is 158 Å². The molecule has 2 fully saturated rings. The number of ether oxygens (including phenoxy) is 1. The van der Waals surface area contributed by atoms with Crippen LogP contribution in [0, 0.1) is 0 Å². The van der Waals surface area contributed by atoms with Crippen LogP contribution in [0.1, 0.15) is 61.3 Å². The van der Waals surface area contributed by atoms with Crippen LogP contribution in [-0.4, -0.2) is 32.9 Å². The smallest absolute Gasteiger partial charge is 0.229 e. The zero-order valence-electron chi connectivity index (χ0n) is 15.4. The number of nitrogens with zero attached hydrogens (tertiary/aromatic N) is 4. The molecule has 27 heavy (non-hydrogen) atoms. The van der Waals surface area contributed by atoms with Gasteiger partial charge in [0.05, 0.1) is 30.9 Å². The summed E-state index contributed by atoms with van der Waals surface area (Å²) in [4.78, 5) is 9.41. The van der Waals surface area contributed by atoms with Crippen molar-refractivity contribution in [1.29, 1.82) is 0 Å². The highest BCUT2D eigenvalue weighted by atomic mass is 16.5. The lowest BCUT2D eigenvalue weighted by Crippen LogP contribution is -2.10. The molecule has 1 aliphatic carbocycles. The monoisotopic (exact) mass is 364 g/mol. The minimum atomic E-state index is 0.351. The number of hydrogen-bond donors (Lipinski definition) is 0. The predicted octanol–water partition coefficient (Wildman–Crippen LogP) is 4.14. The zero-order chi connectivity index (χ0) is 18.1. The van der Waals surface area contributed by atoms with Crippen molar-refractivity contribution in [3.63, 3.8) is 0 Å². The highest BCUT2D eigenvalue weighted by Crippen LogP contribution is 2.35. The molecule has 140 valence electrons. The highest BCUT2D eigenvalue weighted by Gasteiger charge is 2.27. The number of benzene rings is 1. The minimum absolute atomic E-state index is 0.351. The van der Waals surface area contributed by atoms with E-state index < -0.39 is 0 Å². The molecule has 0 unspecified atom stereocenters. The first-order valence-electron chi connectivity index (χ1n) is 9.89. The van der Waals surface area contributed by atoms with Crippen LogP contribution in [0.2, 0.25) is 0 Å². The third-order valence-corrected chi connectivity index (χ3v) is 5.74. The molecule has 6 nitrogen and oxygen atoms in total. The van der Waals surface area contributed by atoms with Crippen molar-refractivity contribution in [2.45, 2.75) is 50.5 Å². The maximum Gasteiger partial charge on any atom is 0.229 e. The molecular formula is C21H24N4O2. The fourth-order valence-corrected chi connectivity index (χ4v) is 4.34. The Morgan fingerprint density at radius 1 is 1.04 bits per heavy atom. The molecular weight excluding hydrogens is 340 g/mol. The van der Waals surface area contributed by atoms with Gasteiger partial charge in [0.15, 0.2) is 5.82 Å². The van der Waals surface area contributed by atoms with Crippen molar-refractivity contribution in [1.82, 2.24) is 19.7 Å². The van der Waals surface area contributed by atoms with E-state index in [1.807, 2.05) is 12.4 Å². The first-order valence-corrected chi connectivity index (χ1v) is 9.89. The molecule has 3 aromatic rings. The maximum absolute atomic E-state index is 5.66. The van der Waals surface area contributed by atoms with Crippen molar-refractivity contribution < 1.29 is 9.26 Å². The third-order valence-electron chi connectivity index (χ3n) is 5.74. The summed E-state index contributed by atoms with van der Waals surface area (Å²) in [5, 5.41) is 4.24. The zero-order valence-corrected chi connectivity index (χ0v) is 15.4. The van der Waals surface area contributed by atoms with Crippen LogP contribution >= 0.6 is 0 Å². The molecule has 6 heteroatoms. The van der Waals surface area contributed by atoms with Gasteiger partial charge in [0.2, 0.25) is 5.89 Å². The number of aromatic nitrogens is 4. The van der Waals surface area contributed by atoms with Crippen molar-refractivity contribution in [2.75, 3.05) is 13.2 Å². The first-order chi connectivity index (χ1) is 13.4. The Morgan fingerprint density at radius 2 is 1.89 bits per heavy atom. The largest absolute Gasteiger partial charge is 0.381 e. The van der Waals surface area contributed by atoms with Crippen molar-refractivity contribution >= 4 is 0 Å². The van der Waals surface area contributed by atoms with E-state index >= 15 is 0 Å². The SMILES string of the molecule is c1ccc(-c2ncn(Cc3noc(C4CCCC4)n3)c2[C@H]2CCOC2)cc1. The van der Waals surface area contributed by atoms with E-state index in [2.05, 4.69) is 39.0 Å². The molecule has 2 aliphatic rings. The molecule has 1 aromatic carbocycles. The van der Waals surface area contributed by atoms with Gasteiger partial charge in [0.1, 0.15) is 0 Å². The number of rotatable bonds is 5. The lowest BCUT2D eigenvalue weighted by atomic mass is 9.99. The van der Waals surface area contributed by atoms with E-state index in [-0.39, 0.29) is 0 Å². The van der Waals surface area contributed by atoms with Crippen LogP contribution in [0.5, 0.6) is 0 Å². The van der Waals surface area contributed by atoms with E-state index in [0.29, 0.717) is 18.4 Å². The van der Waals surface area contributed by atoms with Gasteiger partial charge in [-0.1, -0.05) is 48.3 Å². The summed E-state index contributed by atoms with van der Waals surface area (Å²) in [7, 11) is 0. The van der Waals surface area contributed by atoms with Gasteiger partial charge < -0.3 is 13.8 Å². The quantitative estimate of drug-likeness (QED) is 0.681. The van der Waals surface area contributed by atoms with E-state index in [9.17, 15) is 0 Å². The van der Waals surface area contributed by atoms with E-state index in [1.54, 1.807) is 0 Å². The summed E-state index contributed by atoms with van der Waals surface area (Å²) in [5.41, 5.74) is 3.38. The third kappa shape index (κ3) is 3.30. The second-order valence-electron chi connectivity index (χ2n) is 7.56. The molecule has 0 spiro atoms. The maximum atomic E-state index is 5.66. The van der Waals surface area contributed by atoms with Crippen LogP contribution in [0.4, 0.5) is 0 Å². The average molecular weight is 364 g/mol. The van der Waals surface area contributed by atoms with Crippen molar-refractivity contribution in [2.24, 2.45) is 0 Å². The normalized spacial score (nSPS) is 20.5. The molecule has 0 amide bonds. The molecule has 1 atom stereocenters. The van der Waals surface area contributed by atoms with E-state index in [4.69, 9.17) is 14.2 Å². The van der Waals surface area contributed by atoms with Gasteiger partial charge >= 0.3 is 0 Å². The Morgan fingerprint density at radius 3 is 2.67 bits per heavy atom. The Hall–Kier alpha value is -2.47. The Bertz CT molecular complexity index is 890. The van der Waals surface area contributed by atoms with Gasteiger partial charge in [-0.25, -0.2) is 4.98 Å². The van der Waals surface area contributed by atoms with Gasteiger partial charge in [0, 0.05) is 24.0 Å². The van der Waals surface area contributed by atoms with Crippen molar-refractivity contribution in [3.8, 4) is 11.3 Å². The fourth-order valence-electron chi connectivity index (χ4n) is 4.34. The van der Waals surface area contributed by atoms with Crippen LogP contribution in [0.3, 0.4) is 0 Å². The fraction of sp³-hybridized carbons (Fsp3) is 0.476. The topological polar surface area (TPSA) is 66.0 Å². The standard InChI is InChI=1S/C21H24N4O2/c1-2-6-15(7-3-1)19-20(17-10-11-26-13-17)25(14-22-19)12-18-23-21(27-24-18)16-8-4-5-9-16/h1-3,6-7,14,16-17H,4-5,8-13H2/t17-/m0/s1. The minimum Gasteiger partial charge on any atom is -0.381 e. The van der Waals surface area contributed by atoms with Crippen LogP contribution in [0.15, 0.2) is 41.2 Å². The summed E-state index contributed by atoms with van der Waals surface area (Å²) < 4.78 is 13.4. The second-order valence-corrected chi connectivity index (χ2v) is 7.56. The van der Waals surface area contributed by atoms with Gasteiger partial charge in [-0.2, -0.15) is 4.98 Å². The Kier molecular flexibility index (Phi) is 4.49. The van der Waals surface area contributed by atoms with Crippen LogP contribution in [0.25, 0.3) is 11.3 Å². The molecule has 3 heterocycles. The lowest BCUT2D eigenvalue weighted by Gasteiger charge is -2.14. The molecule has 0 N–H and O–H groups in total. The summed E-state index contributed by atoms with van der Waals surface area (Å²) >= 11 is 0.